The number of imidazole rings is 1. The Morgan fingerprint density at radius 2 is 1.49 bits per heavy atom. The van der Waals surface area contributed by atoms with Crippen LogP contribution < -0.4 is 0 Å². The van der Waals surface area contributed by atoms with Gasteiger partial charge in [-0.2, -0.15) is 0 Å². The molecule has 0 saturated carbocycles. The van der Waals surface area contributed by atoms with Crippen molar-refractivity contribution >= 4 is 22.8 Å². The molecular formula is C30H23N5O2. The Hall–Kier alpha value is -5.09. The van der Waals surface area contributed by atoms with Gasteiger partial charge in [0, 0.05) is 17.5 Å². The monoisotopic (exact) mass is 485 g/mol. The SMILES string of the molecule is O=C(O)[C@@H](CC#Cc1ncnc2c1ncn2Cc1ccccc1)N=C(c1ccccc1)c1ccccc1. The topological polar surface area (TPSA) is 93.3 Å². The molecule has 3 aromatic carbocycles. The summed E-state index contributed by atoms with van der Waals surface area (Å²) in [6.07, 6.45) is 3.19. The van der Waals surface area contributed by atoms with Crippen LogP contribution in [0.15, 0.2) is 109 Å². The summed E-state index contributed by atoms with van der Waals surface area (Å²) in [6, 6.07) is 28.1. The number of carboxylic acids is 1. The molecule has 5 aromatic rings. The van der Waals surface area contributed by atoms with Gasteiger partial charge in [-0.3, -0.25) is 4.99 Å². The third-order valence-electron chi connectivity index (χ3n) is 5.76. The quantitative estimate of drug-likeness (QED) is 0.269. The van der Waals surface area contributed by atoms with Gasteiger partial charge < -0.3 is 9.67 Å². The van der Waals surface area contributed by atoms with Crippen molar-refractivity contribution in [3.8, 4) is 11.8 Å². The van der Waals surface area contributed by atoms with Gasteiger partial charge in [-0.15, -0.1) is 0 Å². The molecule has 0 aliphatic rings. The van der Waals surface area contributed by atoms with Gasteiger partial charge in [-0.1, -0.05) is 96.9 Å². The Kier molecular flexibility index (Phi) is 7.09. The maximum Gasteiger partial charge on any atom is 0.329 e. The predicted octanol–water partition coefficient (Wildman–Crippen LogP) is 4.61. The standard InChI is InChI=1S/C30H23N5O2/c36-30(37)26(34-27(23-13-6-2-7-14-23)24-15-8-3-9-16-24)18-10-17-25-28-29(32-20-31-25)35(21-33-28)19-22-11-4-1-5-12-22/h1-9,11-16,20-21,26H,18-19H2,(H,36,37)/t26-/m1/s1. The highest BCUT2D eigenvalue weighted by Gasteiger charge is 2.18. The number of aromatic nitrogens is 4. The van der Waals surface area contributed by atoms with Crippen LogP contribution in [0.5, 0.6) is 0 Å². The number of fused-ring (bicyclic) bond motifs is 1. The second kappa shape index (κ2) is 11.1. The number of rotatable bonds is 7. The number of carboxylic acid groups (broad SMARTS) is 1. The average Bonchev–Trinajstić information content (AvgIpc) is 3.35. The van der Waals surface area contributed by atoms with E-state index in [4.69, 9.17) is 0 Å². The molecule has 180 valence electrons. The number of hydrogen-bond acceptors (Lipinski definition) is 5. The van der Waals surface area contributed by atoms with Crippen molar-refractivity contribution < 1.29 is 9.90 Å². The summed E-state index contributed by atoms with van der Waals surface area (Å²) < 4.78 is 1.94. The van der Waals surface area contributed by atoms with Crippen LogP contribution in [-0.4, -0.2) is 42.3 Å². The minimum absolute atomic E-state index is 0.0225. The van der Waals surface area contributed by atoms with E-state index in [1.54, 1.807) is 6.33 Å². The highest BCUT2D eigenvalue weighted by atomic mass is 16.4. The van der Waals surface area contributed by atoms with E-state index < -0.39 is 12.0 Å². The summed E-state index contributed by atoms with van der Waals surface area (Å²) in [7, 11) is 0. The summed E-state index contributed by atoms with van der Waals surface area (Å²) in [6.45, 7) is 0.624. The minimum atomic E-state index is -1.05. The third kappa shape index (κ3) is 5.60. The van der Waals surface area contributed by atoms with Gasteiger partial charge in [-0.05, 0) is 11.5 Å². The molecule has 0 unspecified atom stereocenters. The van der Waals surface area contributed by atoms with Crippen LogP contribution in [0.3, 0.4) is 0 Å². The minimum Gasteiger partial charge on any atom is -0.480 e. The molecule has 2 heterocycles. The predicted molar refractivity (Wildman–Crippen MR) is 142 cm³/mol. The van der Waals surface area contributed by atoms with Crippen LogP contribution in [0.2, 0.25) is 0 Å². The zero-order valence-electron chi connectivity index (χ0n) is 19.9. The highest BCUT2D eigenvalue weighted by Crippen LogP contribution is 2.16. The van der Waals surface area contributed by atoms with Crippen LogP contribution in [0, 0.1) is 11.8 Å². The maximum absolute atomic E-state index is 12.1. The second-order valence-corrected chi connectivity index (χ2v) is 8.32. The third-order valence-corrected chi connectivity index (χ3v) is 5.76. The molecule has 0 saturated heterocycles. The molecule has 0 bridgehead atoms. The van der Waals surface area contributed by atoms with Crippen molar-refractivity contribution in [1.82, 2.24) is 19.5 Å². The van der Waals surface area contributed by atoms with E-state index in [0.29, 0.717) is 29.1 Å². The van der Waals surface area contributed by atoms with Gasteiger partial charge >= 0.3 is 5.97 Å². The molecule has 1 N–H and O–H groups in total. The smallest absolute Gasteiger partial charge is 0.329 e. The number of carbonyl (C=O) groups is 1. The summed E-state index contributed by atoms with van der Waals surface area (Å²) in [5.74, 6) is 4.92. The largest absolute Gasteiger partial charge is 0.480 e. The number of hydrogen-bond donors (Lipinski definition) is 1. The van der Waals surface area contributed by atoms with Crippen molar-refractivity contribution in [3.05, 3.63) is 126 Å². The number of aliphatic imine (C=N–C) groups is 1. The van der Waals surface area contributed by atoms with Gasteiger partial charge in [0.2, 0.25) is 0 Å². The molecule has 0 amide bonds. The normalized spacial score (nSPS) is 11.4. The average molecular weight is 486 g/mol. The molecule has 0 spiro atoms. The van der Waals surface area contributed by atoms with E-state index in [-0.39, 0.29) is 6.42 Å². The molecule has 2 aromatic heterocycles. The van der Waals surface area contributed by atoms with Gasteiger partial charge in [0.15, 0.2) is 11.7 Å². The Balaban J connectivity index is 1.43. The first-order chi connectivity index (χ1) is 18.2. The van der Waals surface area contributed by atoms with Crippen LogP contribution in [0.25, 0.3) is 11.2 Å². The van der Waals surface area contributed by atoms with Crippen molar-refractivity contribution in [2.45, 2.75) is 19.0 Å². The number of nitrogens with zero attached hydrogens (tertiary/aromatic N) is 5. The van der Waals surface area contributed by atoms with Gasteiger partial charge in [0.25, 0.3) is 0 Å². The van der Waals surface area contributed by atoms with E-state index in [9.17, 15) is 9.90 Å². The summed E-state index contributed by atoms with van der Waals surface area (Å²) in [5.41, 5.74) is 5.13. The van der Waals surface area contributed by atoms with E-state index in [2.05, 4.69) is 31.8 Å². The van der Waals surface area contributed by atoms with Gasteiger partial charge in [0.1, 0.15) is 17.5 Å². The molecule has 7 heteroatoms. The van der Waals surface area contributed by atoms with Crippen molar-refractivity contribution in [2.24, 2.45) is 4.99 Å². The number of aliphatic carboxylic acids is 1. The van der Waals surface area contributed by atoms with E-state index in [1.807, 2.05) is 95.6 Å². The lowest BCUT2D eigenvalue weighted by molar-refractivity contribution is -0.138. The lowest BCUT2D eigenvalue weighted by Crippen LogP contribution is -2.20. The molecule has 0 aliphatic carbocycles. The Morgan fingerprint density at radius 1 is 0.865 bits per heavy atom. The fourth-order valence-electron chi connectivity index (χ4n) is 3.95. The van der Waals surface area contributed by atoms with Crippen molar-refractivity contribution in [3.63, 3.8) is 0 Å². The maximum atomic E-state index is 12.1. The first kappa shape index (κ1) is 23.6. The molecular weight excluding hydrogens is 462 g/mol. The second-order valence-electron chi connectivity index (χ2n) is 8.32. The Bertz CT molecular complexity index is 1560. The number of benzene rings is 3. The summed E-state index contributed by atoms with van der Waals surface area (Å²) in [4.78, 5) is 29.9. The lowest BCUT2D eigenvalue weighted by Gasteiger charge is -2.11. The first-order valence-corrected chi connectivity index (χ1v) is 11.8. The molecule has 0 radical (unpaired) electrons. The molecule has 7 nitrogen and oxygen atoms in total. The van der Waals surface area contributed by atoms with E-state index >= 15 is 0 Å². The van der Waals surface area contributed by atoms with Crippen molar-refractivity contribution in [2.75, 3.05) is 0 Å². The van der Waals surface area contributed by atoms with Crippen LogP contribution in [0.4, 0.5) is 0 Å². The van der Waals surface area contributed by atoms with Crippen LogP contribution in [0.1, 0.15) is 28.8 Å². The van der Waals surface area contributed by atoms with E-state index in [0.717, 1.165) is 16.7 Å². The van der Waals surface area contributed by atoms with Crippen LogP contribution in [-0.2, 0) is 11.3 Å². The first-order valence-electron chi connectivity index (χ1n) is 11.8. The molecule has 5 rings (SSSR count). The Morgan fingerprint density at radius 3 is 2.11 bits per heavy atom. The lowest BCUT2D eigenvalue weighted by atomic mass is 10.0. The van der Waals surface area contributed by atoms with Crippen LogP contribution >= 0.6 is 0 Å². The molecule has 0 fully saturated rings. The van der Waals surface area contributed by atoms with Crippen molar-refractivity contribution in [1.29, 1.82) is 0 Å². The fraction of sp³-hybridized carbons (Fsp3) is 0.100. The molecule has 1 atom stereocenters. The van der Waals surface area contributed by atoms with E-state index in [1.165, 1.54) is 6.33 Å². The molecule has 0 aliphatic heterocycles. The highest BCUT2D eigenvalue weighted by molar-refractivity contribution is 6.13. The summed E-state index contributed by atoms with van der Waals surface area (Å²) >= 11 is 0. The van der Waals surface area contributed by atoms with Gasteiger partial charge in [-0.25, -0.2) is 19.7 Å². The Labute approximate surface area is 214 Å². The fourth-order valence-corrected chi connectivity index (χ4v) is 3.95. The van der Waals surface area contributed by atoms with Gasteiger partial charge in [0.05, 0.1) is 18.6 Å². The zero-order chi connectivity index (χ0) is 25.5. The summed E-state index contributed by atoms with van der Waals surface area (Å²) in [5, 5.41) is 9.91. The zero-order valence-corrected chi connectivity index (χ0v) is 19.9. The molecule has 37 heavy (non-hydrogen) atoms.